The summed E-state index contributed by atoms with van der Waals surface area (Å²) in [6.07, 6.45) is 5.03. The second-order valence-corrected chi connectivity index (χ2v) is 5.97. The molecule has 2 rings (SSSR count). The number of halogens is 1. The lowest BCUT2D eigenvalue weighted by atomic mass is 10.1. The van der Waals surface area contributed by atoms with Gasteiger partial charge in [-0.25, -0.2) is 0 Å². The van der Waals surface area contributed by atoms with Gasteiger partial charge in [0, 0.05) is 16.4 Å². The van der Waals surface area contributed by atoms with Gasteiger partial charge in [-0.15, -0.1) is 22.9 Å². The van der Waals surface area contributed by atoms with E-state index in [-0.39, 0.29) is 5.38 Å². The van der Waals surface area contributed by atoms with Crippen molar-refractivity contribution in [3.05, 3.63) is 21.9 Å². The Bertz CT molecular complexity index is 304. The smallest absolute Gasteiger partial charge is 0.0679 e. The minimum Gasteiger partial charge on any atom is -0.378 e. The van der Waals surface area contributed by atoms with Crippen molar-refractivity contribution in [3.8, 4) is 0 Å². The molecule has 3 heteroatoms. The highest BCUT2D eigenvalue weighted by Gasteiger charge is 2.18. The molecule has 1 nitrogen and oxygen atoms in total. The van der Waals surface area contributed by atoms with E-state index in [0.29, 0.717) is 6.10 Å². The van der Waals surface area contributed by atoms with Crippen LogP contribution in [0.15, 0.2) is 12.1 Å². The summed E-state index contributed by atoms with van der Waals surface area (Å²) in [5.74, 6) is 0. The second-order valence-electron chi connectivity index (χ2n) is 4.13. The molecule has 0 amide bonds. The summed E-state index contributed by atoms with van der Waals surface area (Å²) in [4.78, 5) is 2.64. The van der Waals surface area contributed by atoms with E-state index in [1.165, 1.54) is 22.6 Å². The number of thiophene rings is 1. The van der Waals surface area contributed by atoms with Gasteiger partial charge in [0.2, 0.25) is 0 Å². The molecular weight excluding hydrogens is 228 g/mol. The van der Waals surface area contributed by atoms with E-state index in [1.54, 1.807) is 11.3 Å². The average molecular weight is 245 g/mol. The van der Waals surface area contributed by atoms with Crippen molar-refractivity contribution >= 4 is 22.9 Å². The summed E-state index contributed by atoms with van der Waals surface area (Å²) < 4.78 is 5.59. The molecule has 1 aliphatic heterocycles. The minimum absolute atomic E-state index is 0.174. The zero-order chi connectivity index (χ0) is 10.7. The van der Waals surface area contributed by atoms with Crippen LogP contribution >= 0.6 is 22.9 Å². The van der Waals surface area contributed by atoms with Crippen LogP contribution in [0.4, 0.5) is 0 Å². The Hall–Kier alpha value is -0.0500. The second kappa shape index (κ2) is 5.33. The summed E-state index contributed by atoms with van der Waals surface area (Å²) >= 11 is 8.16. The maximum Gasteiger partial charge on any atom is 0.0679 e. The van der Waals surface area contributed by atoms with Gasteiger partial charge in [-0.3, -0.25) is 0 Å². The van der Waals surface area contributed by atoms with Crippen molar-refractivity contribution in [2.24, 2.45) is 0 Å². The molecule has 2 heterocycles. The summed E-state index contributed by atoms with van der Waals surface area (Å²) in [6, 6.07) is 4.29. The molecule has 0 N–H and O–H groups in total. The molecule has 1 saturated heterocycles. The van der Waals surface area contributed by atoms with Crippen LogP contribution in [0.3, 0.4) is 0 Å². The number of rotatable bonds is 4. The Morgan fingerprint density at radius 1 is 1.60 bits per heavy atom. The lowest BCUT2D eigenvalue weighted by Crippen LogP contribution is -2.05. The molecule has 1 aromatic rings. The third-order valence-corrected chi connectivity index (χ3v) is 4.53. The van der Waals surface area contributed by atoms with Gasteiger partial charge < -0.3 is 4.74 Å². The highest BCUT2D eigenvalue weighted by atomic mass is 35.5. The number of alkyl halides is 1. The SMILES string of the molecule is Cc1ccc(C(Cl)CCC2CCCO2)s1. The molecule has 0 aliphatic carbocycles. The van der Waals surface area contributed by atoms with Crippen molar-refractivity contribution in [1.82, 2.24) is 0 Å². The van der Waals surface area contributed by atoms with Crippen molar-refractivity contribution in [2.45, 2.75) is 44.1 Å². The first kappa shape index (κ1) is 11.4. The van der Waals surface area contributed by atoms with E-state index in [2.05, 4.69) is 19.1 Å². The first-order chi connectivity index (χ1) is 7.25. The van der Waals surface area contributed by atoms with Crippen molar-refractivity contribution in [1.29, 1.82) is 0 Å². The van der Waals surface area contributed by atoms with Gasteiger partial charge in [-0.05, 0) is 44.7 Å². The molecule has 2 unspecified atom stereocenters. The molecule has 15 heavy (non-hydrogen) atoms. The number of hydrogen-bond acceptors (Lipinski definition) is 2. The lowest BCUT2D eigenvalue weighted by Gasteiger charge is -2.11. The van der Waals surface area contributed by atoms with E-state index in [4.69, 9.17) is 16.3 Å². The minimum atomic E-state index is 0.174. The topological polar surface area (TPSA) is 9.23 Å². The Morgan fingerprint density at radius 2 is 2.47 bits per heavy atom. The highest BCUT2D eigenvalue weighted by Crippen LogP contribution is 2.32. The number of ether oxygens (including phenoxy) is 1. The molecule has 0 aromatic carbocycles. The largest absolute Gasteiger partial charge is 0.378 e. The molecular formula is C12H17ClOS. The zero-order valence-corrected chi connectivity index (χ0v) is 10.6. The van der Waals surface area contributed by atoms with Gasteiger partial charge in [-0.2, -0.15) is 0 Å². The summed E-state index contributed by atoms with van der Waals surface area (Å²) in [6.45, 7) is 3.06. The third-order valence-electron chi connectivity index (χ3n) is 2.84. The molecule has 0 radical (unpaired) electrons. The van der Waals surface area contributed by atoms with Crippen LogP contribution in [-0.2, 0) is 4.74 Å². The predicted molar refractivity (Wildman–Crippen MR) is 65.9 cm³/mol. The van der Waals surface area contributed by atoms with Gasteiger partial charge >= 0.3 is 0 Å². The highest BCUT2D eigenvalue weighted by molar-refractivity contribution is 7.12. The van der Waals surface area contributed by atoms with Crippen LogP contribution in [0.2, 0.25) is 0 Å². The normalized spacial score (nSPS) is 23.2. The van der Waals surface area contributed by atoms with Crippen molar-refractivity contribution in [3.63, 3.8) is 0 Å². The molecule has 1 aliphatic rings. The summed E-state index contributed by atoms with van der Waals surface area (Å²) in [5.41, 5.74) is 0. The Balaban J connectivity index is 1.79. The Kier molecular flexibility index (Phi) is 4.06. The fraction of sp³-hybridized carbons (Fsp3) is 0.667. The zero-order valence-electron chi connectivity index (χ0n) is 9.04. The van der Waals surface area contributed by atoms with Gasteiger partial charge in [0.05, 0.1) is 11.5 Å². The van der Waals surface area contributed by atoms with E-state index < -0.39 is 0 Å². The average Bonchev–Trinajstić information content (AvgIpc) is 2.84. The molecule has 0 spiro atoms. The van der Waals surface area contributed by atoms with E-state index >= 15 is 0 Å². The van der Waals surface area contributed by atoms with Crippen LogP contribution in [0, 0.1) is 6.92 Å². The first-order valence-electron chi connectivity index (χ1n) is 5.57. The van der Waals surface area contributed by atoms with E-state index in [9.17, 15) is 0 Å². The maximum absolute atomic E-state index is 6.35. The fourth-order valence-electron chi connectivity index (χ4n) is 1.97. The predicted octanol–water partition coefficient (Wildman–Crippen LogP) is 4.30. The first-order valence-corrected chi connectivity index (χ1v) is 6.83. The van der Waals surface area contributed by atoms with E-state index in [1.807, 2.05) is 0 Å². The molecule has 2 atom stereocenters. The molecule has 0 saturated carbocycles. The molecule has 1 fully saturated rings. The standard InChI is InChI=1S/C12H17ClOS/c1-9-4-7-12(15-9)11(13)6-5-10-3-2-8-14-10/h4,7,10-11H,2-3,5-6,8H2,1H3. The van der Waals surface area contributed by atoms with Crippen LogP contribution in [0.25, 0.3) is 0 Å². The Morgan fingerprint density at radius 3 is 3.07 bits per heavy atom. The molecule has 1 aromatic heterocycles. The van der Waals surface area contributed by atoms with Gasteiger partial charge in [0.15, 0.2) is 0 Å². The van der Waals surface area contributed by atoms with Gasteiger partial charge in [0.1, 0.15) is 0 Å². The van der Waals surface area contributed by atoms with Gasteiger partial charge in [-0.1, -0.05) is 0 Å². The summed E-state index contributed by atoms with van der Waals surface area (Å²) in [7, 11) is 0. The van der Waals surface area contributed by atoms with Crippen LogP contribution in [-0.4, -0.2) is 12.7 Å². The fourth-order valence-corrected chi connectivity index (χ4v) is 3.19. The lowest BCUT2D eigenvalue weighted by molar-refractivity contribution is 0.102. The van der Waals surface area contributed by atoms with Crippen LogP contribution < -0.4 is 0 Å². The monoisotopic (exact) mass is 244 g/mol. The quantitative estimate of drug-likeness (QED) is 0.718. The van der Waals surface area contributed by atoms with Crippen LogP contribution in [0.1, 0.15) is 40.8 Å². The third kappa shape index (κ3) is 3.20. The van der Waals surface area contributed by atoms with Crippen LogP contribution in [0.5, 0.6) is 0 Å². The number of hydrogen-bond donors (Lipinski definition) is 0. The van der Waals surface area contributed by atoms with Crippen molar-refractivity contribution in [2.75, 3.05) is 6.61 Å². The van der Waals surface area contributed by atoms with Gasteiger partial charge in [0.25, 0.3) is 0 Å². The molecule has 0 bridgehead atoms. The summed E-state index contributed by atoms with van der Waals surface area (Å²) in [5, 5.41) is 0.174. The Labute approximate surface area is 100 Å². The van der Waals surface area contributed by atoms with Crippen molar-refractivity contribution < 1.29 is 4.74 Å². The maximum atomic E-state index is 6.35. The molecule has 84 valence electrons. The van der Waals surface area contributed by atoms with E-state index in [0.717, 1.165) is 19.4 Å². The number of aryl methyl sites for hydroxylation is 1.